The van der Waals surface area contributed by atoms with Gasteiger partial charge in [0.2, 0.25) is 29.5 Å². The maximum absolute atomic E-state index is 13.7. The van der Waals surface area contributed by atoms with Gasteiger partial charge in [-0.05, 0) is 96.6 Å². The Kier molecular flexibility index (Phi) is 21.1. The minimum Gasteiger partial charge on any atom is -0.480 e. The molecule has 12 N–H and O–H groups in total. The molecule has 1 rings (SSSR count). The molecule has 15 heteroatoms. The Morgan fingerprint density at radius 2 is 1.14 bits per heavy atom. The summed E-state index contributed by atoms with van der Waals surface area (Å²) in [4.78, 5) is 78.4. The second-order valence-corrected chi connectivity index (χ2v) is 13.5. The Bertz CT molecular complexity index is 1100. The van der Waals surface area contributed by atoms with E-state index in [-0.39, 0.29) is 37.5 Å². The van der Waals surface area contributed by atoms with Crippen molar-refractivity contribution >= 4 is 35.5 Å². The van der Waals surface area contributed by atoms with Gasteiger partial charge in [-0.3, -0.25) is 24.0 Å². The smallest absolute Gasteiger partial charge is 0.326 e. The Morgan fingerprint density at radius 3 is 1.57 bits per heavy atom. The van der Waals surface area contributed by atoms with Crippen molar-refractivity contribution in [2.24, 2.45) is 29.0 Å². The van der Waals surface area contributed by atoms with Crippen LogP contribution in [0.3, 0.4) is 0 Å². The third-order valence-electron chi connectivity index (χ3n) is 8.56. The quantitative estimate of drug-likeness (QED) is 0.0466. The zero-order chi connectivity index (χ0) is 36.9. The summed E-state index contributed by atoms with van der Waals surface area (Å²) in [7, 11) is 0. The van der Waals surface area contributed by atoms with Gasteiger partial charge in [-0.15, -0.1) is 0 Å². The molecule has 0 aromatic heterocycles. The molecular weight excluding hydrogens is 632 g/mol. The topological polar surface area (TPSA) is 261 Å². The van der Waals surface area contributed by atoms with Crippen molar-refractivity contribution in [1.29, 1.82) is 0 Å². The number of hydrogen-bond acceptors (Lipinski definition) is 9. The highest BCUT2D eigenvalue weighted by Gasteiger charge is 2.34. The van der Waals surface area contributed by atoms with E-state index in [9.17, 15) is 33.9 Å². The first-order valence-corrected chi connectivity index (χ1v) is 17.7. The first kappa shape index (κ1) is 43.5. The number of nitrogens with two attached hydrogens (primary N) is 3. The second kappa shape index (κ2) is 23.7. The Labute approximate surface area is 291 Å². The van der Waals surface area contributed by atoms with Crippen LogP contribution < -0.4 is 43.8 Å². The van der Waals surface area contributed by atoms with Crippen LogP contribution in [0.5, 0.6) is 0 Å². The van der Waals surface area contributed by atoms with Gasteiger partial charge in [0.1, 0.15) is 30.2 Å². The summed E-state index contributed by atoms with van der Waals surface area (Å²) >= 11 is 0. The van der Waals surface area contributed by atoms with Crippen molar-refractivity contribution < 1.29 is 33.9 Å². The average molecular weight is 695 g/mol. The van der Waals surface area contributed by atoms with Gasteiger partial charge in [0.05, 0.1) is 6.04 Å². The predicted octanol–water partition coefficient (Wildman–Crippen LogP) is 0.303. The maximum Gasteiger partial charge on any atom is 0.326 e. The standard InChI is InChI=1S/C34H62N8O7/c1-5-6-14-24(32(46)41-27(20-23-12-11-13-23)33(47)42-28(34(48)49)19-21(2)3)39-31(45)26(16-8-10-18-36)40-30(44)25(15-7-9-17-35)38-29(43)22(4)37/h5-6,21-28H,7-20,35-37H2,1-4H3,(H,38,43)(H,39,45)(H,40,44)(H,41,46)(H,42,47)(H,48,49)/b6-5+/t22-,24-,25-,26-,27-,28-/m0/s1. The number of allylic oxidation sites excluding steroid dienone is 1. The summed E-state index contributed by atoms with van der Waals surface area (Å²) in [5.41, 5.74) is 17.0. The lowest BCUT2D eigenvalue weighted by Gasteiger charge is -2.31. The largest absolute Gasteiger partial charge is 0.480 e. The number of aliphatic carboxylic acids is 1. The first-order valence-electron chi connectivity index (χ1n) is 17.7. The van der Waals surface area contributed by atoms with Crippen LogP contribution in [-0.2, 0) is 28.8 Å². The fourth-order valence-electron chi connectivity index (χ4n) is 5.41. The van der Waals surface area contributed by atoms with Crippen LogP contribution in [-0.4, -0.2) is 90.0 Å². The van der Waals surface area contributed by atoms with Crippen molar-refractivity contribution in [2.75, 3.05) is 13.1 Å². The molecule has 15 nitrogen and oxygen atoms in total. The van der Waals surface area contributed by atoms with Crippen molar-refractivity contribution in [3.05, 3.63) is 12.2 Å². The van der Waals surface area contributed by atoms with Crippen LogP contribution in [0.25, 0.3) is 0 Å². The number of nitrogens with one attached hydrogen (secondary N) is 5. The van der Waals surface area contributed by atoms with Crippen LogP contribution in [0.1, 0.15) is 105 Å². The van der Waals surface area contributed by atoms with E-state index < -0.39 is 71.8 Å². The summed E-state index contributed by atoms with van der Waals surface area (Å²) in [6, 6.07) is -6.06. The fourth-order valence-corrected chi connectivity index (χ4v) is 5.41. The lowest BCUT2D eigenvalue weighted by Crippen LogP contribution is -2.59. The van der Waals surface area contributed by atoms with Gasteiger partial charge in [0.15, 0.2) is 0 Å². The summed E-state index contributed by atoms with van der Waals surface area (Å²) in [5.74, 6) is -3.84. The average Bonchev–Trinajstić information content (AvgIpc) is 3.02. The minimum absolute atomic E-state index is 0.0153. The number of carbonyl (C=O) groups is 6. The Balaban J connectivity index is 3.21. The number of carbonyl (C=O) groups excluding carboxylic acids is 5. The molecule has 0 saturated heterocycles. The third kappa shape index (κ3) is 17.1. The number of carboxylic acids is 1. The summed E-state index contributed by atoms with van der Waals surface area (Å²) in [6.45, 7) is 7.77. The third-order valence-corrected chi connectivity index (χ3v) is 8.56. The highest BCUT2D eigenvalue weighted by Crippen LogP contribution is 2.30. The lowest BCUT2D eigenvalue weighted by molar-refractivity contribution is -0.143. The second-order valence-electron chi connectivity index (χ2n) is 13.5. The van der Waals surface area contributed by atoms with E-state index in [1.807, 2.05) is 13.8 Å². The maximum atomic E-state index is 13.7. The number of amides is 5. The fraction of sp³-hybridized carbons (Fsp3) is 0.765. The minimum atomic E-state index is -1.16. The zero-order valence-corrected chi connectivity index (χ0v) is 29.8. The molecule has 0 heterocycles. The molecule has 280 valence electrons. The van der Waals surface area contributed by atoms with Crippen molar-refractivity contribution in [2.45, 2.75) is 141 Å². The molecule has 1 fully saturated rings. The molecular formula is C34H62N8O7. The highest BCUT2D eigenvalue weighted by atomic mass is 16.4. The van der Waals surface area contributed by atoms with Crippen LogP contribution >= 0.6 is 0 Å². The van der Waals surface area contributed by atoms with E-state index in [0.29, 0.717) is 45.2 Å². The van der Waals surface area contributed by atoms with Crippen molar-refractivity contribution in [3.63, 3.8) is 0 Å². The summed E-state index contributed by atoms with van der Waals surface area (Å²) in [6.07, 6.45) is 9.71. The summed E-state index contributed by atoms with van der Waals surface area (Å²) in [5, 5.41) is 23.2. The zero-order valence-electron chi connectivity index (χ0n) is 29.8. The van der Waals surface area contributed by atoms with Gasteiger partial charge < -0.3 is 48.9 Å². The van der Waals surface area contributed by atoms with E-state index in [1.54, 1.807) is 19.1 Å². The highest BCUT2D eigenvalue weighted by molar-refractivity contribution is 5.96. The lowest BCUT2D eigenvalue weighted by atomic mass is 9.80. The molecule has 0 unspecified atom stereocenters. The van der Waals surface area contributed by atoms with E-state index in [2.05, 4.69) is 26.6 Å². The number of unbranched alkanes of at least 4 members (excludes halogenated alkanes) is 2. The summed E-state index contributed by atoms with van der Waals surface area (Å²) < 4.78 is 0. The molecule has 1 aliphatic carbocycles. The van der Waals surface area contributed by atoms with Gasteiger partial charge in [0.25, 0.3) is 0 Å². The monoisotopic (exact) mass is 694 g/mol. The SMILES string of the molecule is C/C=C/C[C@H](NC(=O)[C@H](CCCCN)NC(=O)[C@H](CCCCN)NC(=O)[C@H](C)N)C(=O)N[C@@H](CC1CCC1)C(=O)N[C@@H](CC(C)C)C(=O)O. The molecule has 0 bridgehead atoms. The van der Waals surface area contributed by atoms with Gasteiger partial charge in [-0.25, -0.2) is 4.79 Å². The van der Waals surface area contributed by atoms with E-state index >= 15 is 0 Å². The van der Waals surface area contributed by atoms with Crippen LogP contribution in [0, 0.1) is 11.8 Å². The Morgan fingerprint density at radius 1 is 0.694 bits per heavy atom. The van der Waals surface area contributed by atoms with Gasteiger partial charge in [0, 0.05) is 0 Å². The normalized spacial score (nSPS) is 16.8. The number of carboxylic acid groups (broad SMARTS) is 1. The molecule has 0 spiro atoms. The molecule has 0 aromatic carbocycles. The first-order chi connectivity index (χ1) is 23.2. The Hall–Kier alpha value is -3.56. The van der Waals surface area contributed by atoms with Gasteiger partial charge >= 0.3 is 5.97 Å². The molecule has 0 aliphatic heterocycles. The molecule has 6 atom stereocenters. The van der Waals surface area contributed by atoms with Crippen molar-refractivity contribution in [1.82, 2.24) is 26.6 Å². The molecule has 0 aromatic rings. The van der Waals surface area contributed by atoms with Crippen LogP contribution in [0.2, 0.25) is 0 Å². The number of hydrogen-bond donors (Lipinski definition) is 9. The number of rotatable bonds is 25. The molecule has 1 saturated carbocycles. The van der Waals surface area contributed by atoms with Crippen LogP contribution in [0.4, 0.5) is 0 Å². The van der Waals surface area contributed by atoms with Gasteiger partial charge in [-0.1, -0.05) is 45.3 Å². The van der Waals surface area contributed by atoms with E-state index in [4.69, 9.17) is 17.2 Å². The molecule has 0 radical (unpaired) electrons. The molecule has 1 aliphatic rings. The van der Waals surface area contributed by atoms with Crippen molar-refractivity contribution in [3.8, 4) is 0 Å². The predicted molar refractivity (Wildman–Crippen MR) is 188 cm³/mol. The van der Waals surface area contributed by atoms with E-state index in [1.165, 1.54) is 6.92 Å². The van der Waals surface area contributed by atoms with Crippen LogP contribution in [0.15, 0.2) is 12.2 Å². The van der Waals surface area contributed by atoms with Gasteiger partial charge in [-0.2, -0.15) is 0 Å². The molecule has 5 amide bonds. The molecule has 49 heavy (non-hydrogen) atoms. The van der Waals surface area contributed by atoms with E-state index in [0.717, 1.165) is 19.3 Å².